The fraction of sp³-hybridized carbons (Fsp3) is 0.905. The number of aliphatic carboxylic acids is 1. The zero-order chi connectivity index (χ0) is 81.9. The third-order valence-corrected chi connectivity index (χ3v) is 27.6. The molecule has 0 spiro atoms. The van der Waals surface area contributed by atoms with Gasteiger partial charge in [-0.1, -0.05) is 52.3 Å². The Hall–Kier alpha value is -3.39. The second-order valence-electron chi connectivity index (χ2n) is 34.7. The van der Waals surface area contributed by atoms with Crippen LogP contribution in [-0.4, -0.2) is 369 Å². The fourth-order valence-electron chi connectivity index (χ4n) is 20.4. The van der Waals surface area contributed by atoms with Crippen molar-refractivity contribution >= 4 is 17.9 Å². The van der Waals surface area contributed by atoms with Gasteiger partial charge in [0.2, 0.25) is 6.29 Å². The summed E-state index contributed by atoms with van der Waals surface area (Å²) in [5.41, 5.74) is -5.21. The normalized spacial score (nSPS) is 52.5. The Morgan fingerprint density at radius 1 is 0.500 bits per heavy atom. The number of carboxylic acids is 1. The Bertz CT molecular complexity index is 3330. The molecule has 7 saturated heterocycles. The predicted molar refractivity (Wildman–Crippen MR) is 368 cm³/mol. The maximum Gasteiger partial charge on any atom is 0.333 e. The summed E-state index contributed by atoms with van der Waals surface area (Å²) in [5, 5.41) is 223. The van der Waals surface area contributed by atoms with Crippen molar-refractivity contribution in [3.05, 3.63) is 23.3 Å². The lowest BCUT2D eigenvalue weighted by Gasteiger charge is -2.71. The van der Waals surface area contributed by atoms with E-state index in [0.29, 0.717) is 32.1 Å². The SMILES string of the molecule is CC=C(C)C(=O)OC1COC(OC2C(OC3C(OC(=O)C45CCC(C)(C)CC4C4=CCC6C7(C)CC(O)C(OC8OC(CO)C(O)C(O)C8OC8OC(CO)C(O)C(O)C8O)C(C)(C(=O)O)C7CCC6(C)C4(C)CC5)OC(COC4OCC(O)C(O)C4OC4OCC(O)C(O)C4O)C(O)C3O)OC(C)C(O)C2O)C(O)C1O. The molecule has 38 heteroatoms. The van der Waals surface area contributed by atoms with Crippen LogP contribution in [0.25, 0.3) is 0 Å². The van der Waals surface area contributed by atoms with Crippen LogP contribution in [0.2, 0.25) is 0 Å². The number of carboxylic acid groups (broad SMARTS) is 1. The van der Waals surface area contributed by atoms with Crippen molar-refractivity contribution in [1.82, 2.24) is 0 Å². The number of carbonyl (C=O) groups is 3. The summed E-state index contributed by atoms with van der Waals surface area (Å²) in [5.74, 6) is -4.80. The number of allylic oxidation sites excluding steroid dienone is 3. The van der Waals surface area contributed by atoms with Gasteiger partial charge in [0.25, 0.3) is 0 Å². The van der Waals surface area contributed by atoms with Crippen molar-refractivity contribution in [3.8, 4) is 0 Å². The molecule has 7 heterocycles. The maximum atomic E-state index is 16.3. The summed E-state index contributed by atoms with van der Waals surface area (Å²) in [6.07, 6.45) is -55.6. The van der Waals surface area contributed by atoms with E-state index in [2.05, 4.69) is 33.8 Å². The molecule has 42 atom stereocenters. The number of aliphatic hydroxyl groups is 19. The molecule has 38 nitrogen and oxygen atoms in total. The second-order valence-corrected chi connectivity index (χ2v) is 34.7. The number of rotatable bonds is 20. The lowest BCUT2D eigenvalue weighted by atomic mass is 9.33. The Labute approximate surface area is 645 Å². The van der Waals surface area contributed by atoms with E-state index in [9.17, 15) is 112 Å². The smallest absolute Gasteiger partial charge is 0.333 e. The average molecular weight is 1610 g/mol. The summed E-state index contributed by atoms with van der Waals surface area (Å²) >= 11 is 0. The molecule has 0 amide bonds. The molecule has 0 aromatic heterocycles. The minimum atomic E-state index is -2.19. The molecule has 20 N–H and O–H groups in total. The molecule has 42 unspecified atom stereocenters. The van der Waals surface area contributed by atoms with Gasteiger partial charge in [-0.25, -0.2) is 4.79 Å². The molecule has 12 aliphatic rings. The summed E-state index contributed by atoms with van der Waals surface area (Å²) in [6.45, 7) is 12.0. The molecule has 12 rings (SSSR count). The maximum absolute atomic E-state index is 16.3. The van der Waals surface area contributed by atoms with Crippen LogP contribution in [0.15, 0.2) is 23.3 Å². The first-order chi connectivity index (χ1) is 52.6. The van der Waals surface area contributed by atoms with Gasteiger partial charge >= 0.3 is 17.9 Å². The fourth-order valence-corrected chi connectivity index (χ4v) is 20.4. The first-order valence-corrected chi connectivity index (χ1v) is 38.7. The van der Waals surface area contributed by atoms with E-state index in [0.717, 1.165) is 5.57 Å². The number of hydrogen-bond donors (Lipinski definition) is 20. The Kier molecular flexibility index (Phi) is 26.4. The predicted octanol–water partition coefficient (Wildman–Crippen LogP) is -6.07. The van der Waals surface area contributed by atoms with Crippen molar-refractivity contribution in [2.45, 2.75) is 329 Å². The summed E-state index contributed by atoms with van der Waals surface area (Å²) in [7, 11) is 0. The molecule has 0 aromatic carbocycles. The summed E-state index contributed by atoms with van der Waals surface area (Å²) in [6, 6.07) is 0. The first-order valence-electron chi connectivity index (χ1n) is 38.7. The molecule has 0 radical (unpaired) electrons. The van der Waals surface area contributed by atoms with E-state index in [1.807, 2.05) is 6.92 Å². The van der Waals surface area contributed by atoms with Crippen LogP contribution in [0.3, 0.4) is 0 Å². The molecule has 4 saturated carbocycles. The van der Waals surface area contributed by atoms with Gasteiger partial charge in [-0.15, -0.1) is 0 Å². The van der Waals surface area contributed by atoms with E-state index in [1.54, 1.807) is 6.92 Å². The van der Waals surface area contributed by atoms with Crippen LogP contribution in [0.1, 0.15) is 120 Å². The largest absolute Gasteiger partial charge is 0.481 e. The lowest BCUT2D eigenvalue weighted by Crippen LogP contribution is -2.70. The number of fused-ring (bicyclic) bond motifs is 7. The summed E-state index contributed by atoms with van der Waals surface area (Å²) in [4.78, 5) is 43.3. The van der Waals surface area contributed by atoms with Crippen molar-refractivity contribution in [1.29, 1.82) is 0 Å². The number of hydrogen-bond acceptors (Lipinski definition) is 37. The van der Waals surface area contributed by atoms with Gasteiger partial charge in [0.1, 0.15) is 140 Å². The van der Waals surface area contributed by atoms with Crippen molar-refractivity contribution < 1.29 is 188 Å². The molecular formula is C74H116O38. The number of carbonyl (C=O) groups excluding carboxylic acids is 2. The highest BCUT2D eigenvalue weighted by Gasteiger charge is 2.74. The first kappa shape index (κ1) is 87.9. The number of aliphatic hydroxyl groups excluding tert-OH is 19. The molecule has 112 heavy (non-hydrogen) atoms. The van der Waals surface area contributed by atoms with Crippen LogP contribution in [0.4, 0.5) is 0 Å². The van der Waals surface area contributed by atoms with E-state index < -0.39 is 311 Å². The van der Waals surface area contributed by atoms with Crippen LogP contribution in [0.5, 0.6) is 0 Å². The van der Waals surface area contributed by atoms with Crippen LogP contribution < -0.4 is 0 Å². The van der Waals surface area contributed by atoms with Crippen LogP contribution >= 0.6 is 0 Å². The van der Waals surface area contributed by atoms with Crippen molar-refractivity contribution in [2.24, 2.45) is 50.2 Å². The monoisotopic (exact) mass is 1610 g/mol. The van der Waals surface area contributed by atoms with Crippen LogP contribution in [0, 0.1) is 50.2 Å². The van der Waals surface area contributed by atoms with Gasteiger partial charge in [0, 0.05) is 5.57 Å². The van der Waals surface area contributed by atoms with Gasteiger partial charge in [0.05, 0.1) is 62.7 Å². The highest BCUT2D eigenvalue weighted by molar-refractivity contribution is 5.87. The Morgan fingerprint density at radius 2 is 1.01 bits per heavy atom. The zero-order valence-electron chi connectivity index (χ0n) is 63.9. The molecule has 11 fully saturated rings. The van der Waals surface area contributed by atoms with Gasteiger partial charge < -0.3 is 173 Å². The Balaban J connectivity index is 0.838. The van der Waals surface area contributed by atoms with Gasteiger partial charge in [0.15, 0.2) is 49.9 Å². The number of ether oxygens (including phenoxy) is 15. The van der Waals surface area contributed by atoms with Crippen LogP contribution in [-0.2, 0) is 85.4 Å². The average Bonchev–Trinajstić information content (AvgIpc) is 0.670. The Morgan fingerprint density at radius 3 is 1.63 bits per heavy atom. The molecule has 5 aliphatic carbocycles. The molecule has 0 aromatic rings. The van der Waals surface area contributed by atoms with Gasteiger partial charge in [-0.05, 0) is 125 Å². The van der Waals surface area contributed by atoms with E-state index >= 15 is 4.79 Å². The van der Waals surface area contributed by atoms with Gasteiger partial charge in [-0.2, -0.15) is 0 Å². The van der Waals surface area contributed by atoms with Crippen molar-refractivity contribution in [2.75, 3.05) is 39.6 Å². The highest BCUT2D eigenvalue weighted by atomic mass is 16.8. The summed E-state index contributed by atoms with van der Waals surface area (Å²) < 4.78 is 90.0. The third-order valence-electron chi connectivity index (χ3n) is 27.6. The van der Waals surface area contributed by atoms with Gasteiger partial charge in [-0.3, -0.25) is 9.59 Å². The van der Waals surface area contributed by atoms with Crippen molar-refractivity contribution in [3.63, 3.8) is 0 Å². The zero-order valence-corrected chi connectivity index (χ0v) is 63.9. The quantitative estimate of drug-likeness (QED) is 0.0233. The molecule has 7 aliphatic heterocycles. The topological polar surface area (TPSA) is 594 Å². The standard InChI is InChI=1S/C74H116O38/c1-10-27(2)59(94)103-36-25-100-61(52(92)46(36)86)108-55-48(88)40(80)28(3)102-64(55)110-57-50(90)45(85)37(26-101-63-54(42(82)33(79)24-99-63)107-60-51(91)41(81)32(78)23-98-60)106-66(57)112-68(97)74-17-15-69(4,5)19-30(74)29-11-12-38-70(6)20-31(77)58(73(9,67(95)96)39(70)13-14-72(38,8)71(29,7)16-18-74)111-65-56(49(89)44(84)35(22-76)105-65)109-62-53(93)47(87)43(83)34(21-75)104-62/h10-11,28,30-58,60-66,75-93H,12-26H2,1-9H3,(H,95,96). The van der Waals surface area contributed by atoms with E-state index in [-0.39, 0.29) is 37.2 Å². The second kappa shape index (κ2) is 33.7. The van der Waals surface area contributed by atoms with E-state index in [4.69, 9.17) is 71.1 Å². The third kappa shape index (κ3) is 15.5. The highest BCUT2D eigenvalue weighted by Crippen LogP contribution is 2.76. The molecular weight excluding hydrogens is 1500 g/mol. The number of esters is 2. The lowest BCUT2D eigenvalue weighted by molar-refractivity contribution is -0.386. The minimum Gasteiger partial charge on any atom is -0.481 e. The van der Waals surface area contributed by atoms with E-state index in [1.165, 1.54) is 26.8 Å². The minimum absolute atomic E-state index is 0.0650. The molecule has 0 bridgehead atoms. The molecule has 640 valence electrons.